The molecule has 5 rings (SSSR count). The molecule has 1 saturated heterocycles. The van der Waals surface area contributed by atoms with Gasteiger partial charge in [-0.3, -0.25) is 0 Å². The van der Waals surface area contributed by atoms with Crippen LogP contribution >= 0.6 is 0 Å². The van der Waals surface area contributed by atoms with Crippen LogP contribution in [0, 0.1) is 0 Å². The minimum atomic E-state index is 0.0958. The Balaban J connectivity index is 1.44. The van der Waals surface area contributed by atoms with Gasteiger partial charge in [-0.15, -0.1) is 0 Å². The number of nitrogens with zero attached hydrogens (tertiary/aromatic N) is 4. The van der Waals surface area contributed by atoms with E-state index in [2.05, 4.69) is 59.9 Å². The highest BCUT2D eigenvalue weighted by Gasteiger charge is 2.20. The number of ether oxygens (including phenoxy) is 1. The topological polar surface area (TPSA) is 76.4 Å². The fraction of sp³-hybridized carbons (Fsp3) is 0.500. The lowest BCUT2D eigenvalue weighted by Gasteiger charge is -2.23. The second kappa shape index (κ2) is 9.91. The molecule has 1 fully saturated rings. The molecule has 2 aliphatic rings. The van der Waals surface area contributed by atoms with E-state index in [0.717, 1.165) is 43.6 Å². The van der Waals surface area contributed by atoms with Crippen molar-refractivity contribution >= 4 is 17.2 Å². The van der Waals surface area contributed by atoms with Crippen LogP contribution in [-0.4, -0.2) is 38.8 Å². The predicted octanol–water partition coefficient (Wildman–Crippen LogP) is 4.95. The fourth-order valence-electron chi connectivity index (χ4n) is 4.76. The summed E-state index contributed by atoms with van der Waals surface area (Å²) in [5.41, 5.74) is 5.97. The third kappa shape index (κ3) is 4.88. The molecule has 0 unspecified atom stereocenters. The third-order valence-corrected chi connectivity index (χ3v) is 6.61. The van der Waals surface area contributed by atoms with E-state index in [1.165, 1.54) is 36.0 Å². The second-order valence-electron chi connectivity index (χ2n) is 9.39. The first-order valence-corrected chi connectivity index (χ1v) is 12.3. The molecule has 3 aromatic rings. The Morgan fingerprint density at radius 1 is 1.18 bits per heavy atom. The summed E-state index contributed by atoms with van der Waals surface area (Å²) < 4.78 is 8.01. The van der Waals surface area contributed by atoms with Gasteiger partial charge in [0, 0.05) is 18.7 Å². The van der Waals surface area contributed by atoms with Crippen LogP contribution in [0.4, 0.5) is 5.95 Å². The van der Waals surface area contributed by atoms with Gasteiger partial charge in [-0.25, -0.2) is 0 Å². The summed E-state index contributed by atoms with van der Waals surface area (Å²) in [6.07, 6.45) is 11.4. The van der Waals surface area contributed by atoms with Gasteiger partial charge in [0.2, 0.25) is 5.95 Å². The van der Waals surface area contributed by atoms with Gasteiger partial charge in [0.1, 0.15) is 6.10 Å². The van der Waals surface area contributed by atoms with Crippen molar-refractivity contribution < 1.29 is 4.74 Å². The molecule has 2 N–H and O–H groups in total. The van der Waals surface area contributed by atoms with Crippen LogP contribution < -0.4 is 15.4 Å². The number of hydrogen-bond donors (Lipinski definition) is 2. The third-order valence-electron chi connectivity index (χ3n) is 6.61. The molecular formula is C26H34N6O. The number of nitrogens with one attached hydrogen (secondary N) is 2. The molecule has 0 saturated carbocycles. The first-order chi connectivity index (χ1) is 16.2. The Hall–Kier alpha value is -2.93. The average Bonchev–Trinajstić information content (AvgIpc) is 3.28. The molecule has 2 aromatic heterocycles. The van der Waals surface area contributed by atoms with Gasteiger partial charge in [0.05, 0.1) is 6.20 Å². The Labute approximate surface area is 195 Å². The van der Waals surface area contributed by atoms with Crippen molar-refractivity contribution in [2.45, 2.75) is 70.9 Å². The Morgan fingerprint density at radius 3 is 2.88 bits per heavy atom. The minimum absolute atomic E-state index is 0.0958. The highest BCUT2D eigenvalue weighted by atomic mass is 16.5. The molecule has 3 heterocycles. The summed E-state index contributed by atoms with van der Waals surface area (Å²) >= 11 is 0. The monoisotopic (exact) mass is 446 g/mol. The number of hydrogen-bond acceptors (Lipinski definition) is 6. The van der Waals surface area contributed by atoms with Crippen molar-refractivity contribution in [2.24, 2.45) is 0 Å². The number of aromatic nitrogens is 4. The van der Waals surface area contributed by atoms with Gasteiger partial charge in [0.15, 0.2) is 5.65 Å². The molecule has 0 amide bonds. The summed E-state index contributed by atoms with van der Waals surface area (Å²) in [7, 11) is 0. The number of allylic oxidation sites excluding steroid dienone is 2. The summed E-state index contributed by atoms with van der Waals surface area (Å²) in [5.74, 6) is 0.978. The second-order valence-corrected chi connectivity index (χ2v) is 9.39. The van der Waals surface area contributed by atoms with Crippen LogP contribution in [0.15, 0.2) is 36.5 Å². The number of benzene rings is 1. The summed E-state index contributed by atoms with van der Waals surface area (Å²) in [6, 6.07) is 9.09. The number of anilines is 1. The first-order valence-electron chi connectivity index (χ1n) is 12.3. The van der Waals surface area contributed by atoms with E-state index >= 15 is 0 Å². The maximum Gasteiger partial charge on any atom is 0.322 e. The molecule has 33 heavy (non-hydrogen) atoms. The zero-order valence-corrected chi connectivity index (χ0v) is 19.7. The Morgan fingerprint density at radius 2 is 2.09 bits per heavy atom. The van der Waals surface area contributed by atoms with Crippen molar-refractivity contribution in [3.05, 3.63) is 53.2 Å². The molecule has 1 aliphatic carbocycles. The largest absolute Gasteiger partial charge is 0.459 e. The normalized spacial score (nSPS) is 19.0. The predicted molar refractivity (Wildman–Crippen MR) is 132 cm³/mol. The zero-order chi connectivity index (χ0) is 22.6. The smallest absolute Gasteiger partial charge is 0.322 e. The van der Waals surface area contributed by atoms with E-state index in [9.17, 15) is 0 Å². The van der Waals surface area contributed by atoms with Crippen molar-refractivity contribution in [2.75, 3.05) is 18.4 Å². The van der Waals surface area contributed by atoms with Crippen LogP contribution in [0.1, 0.15) is 75.0 Å². The van der Waals surface area contributed by atoms with E-state index in [4.69, 9.17) is 14.7 Å². The lowest BCUT2D eigenvalue weighted by molar-refractivity contribution is 0.153. The highest BCUT2D eigenvalue weighted by Crippen LogP contribution is 2.30. The summed E-state index contributed by atoms with van der Waals surface area (Å²) in [4.78, 5) is 9.49. The zero-order valence-electron chi connectivity index (χ0n) is 19.7. The standard InChI is InChI=1S/C26H34N6O/c1-18(2)23-17-29-32-24(23)30-26(33-21-12-8-14-27-16-21)31-25(32)28-15-20-11-6-7-13-22(20)19-9-4-3-5-10-19/h6-7,9,11,13,17-18,21,27H,3-5,8,10,12,14-16H2,1-2H3,(H,28,30,31)/t21-/m1/s1. The molecule has 0 radical (unpaired) electrons. The van der Waals surface area contributed by atoms with Crippen molar-refractivity contribution in [1.29, 1.82) is 0 Å². The van der Waals surface area contributed by atoms with E-state index in [1.807, 2.05) is 10.7 Å². The molecule has 1 aromatic carbocycles. The maximum absolute atomic E-state index is 6.20. The SMILES string of the molecule is CC(C)c1cnn2c(NCc3ccccc3C3=CCCCC3)nc(O[C@@H]3CCCNC3)nc12. The number of fused-ring (bicyclic) bond motifs is 1. The number of rotatable bonds is 7. The highest BCUT2D eigenvalue weighted by molar-refractivity contribution is 5.69. The van der Waals surface area contributed by atoms with Gasteiger partial charge in [0.25, 0.3) is 0 Å². The van der Waals surface area contributed by atoms with E-state index in [1.54, 1.807) is 0 Å². The lowest BCUT2D eigenvalue weighted by atomic mass is 9.91. The molecule has 0 bridgehead atoms. The van der Waals surface area contributed by atoms with Gasteiger partial charge < -0.3 is 15.4 Å². The van der Waals surface area contributed by atoms with Crippen molar-refractivity contribution in [3.63, 3.8) is 0 Å². The summed E-state index contributed by atoms with van der Waals surface area (Å²) in [5, 5.41) is 11.5. The van der Waals surface area contributed by atoms with Crippen LogP contribution in [0.25, 0.3) is 11.2 Å². The van der Waals surface area contributed by atoms with Crippen LogP contribution in [-0.2, 0) is 6.54 Å². The van der Waals surface area contributed by atoms with Crippen LogP contribution in [0.5, 0.6) is 6.01 Å². The Bertz CT molecular complexity index is 1130. The quantitative estimate of drug-likeness (QED) is 0.535. The Kier molecular flexibility index (Phi) is 6.58. The van der Waals surface area contributed by atoms with E-state index in [0.29, 0.717) is 24.4 Å². The van der Waals surface area contributed by atoms with Gasteiger partial charge in [-0.05, 0) is 67.7 Å². The fourth-order valence-corrected chi connectivity index (χ4v) is 4.76. The van der Waals surface area contributed by atoms with Gasteiger partial charge in [-0.1, -0.05) is 44.2 Å². The average molecular weight is 447 g/mol. The molecular weight excluding hydrogens is 412 g/mol. The summed E-state index contributed by atoms with van der Waals surface area (Å²) in [6.45, 7) is 6.86. The lowest BCUT2D eigenvalue weighted by Crippen LogP contribution is -2.37. The molecule has 1 atom stereocenters. The van der Waals surface area contributed by atoms with E-state index in [-0.39, 0.29) is 6.10 Å². The van der Waals surface area contributed by atoms with E-state index < -0.39 is 0 Å². The van der Waals surface area contributed by atoms with Gasteiger partial charge in [-0.2, -0.15) is 19.6 Å². The molecule has 7 nitrogen and oxygen atoms in total. The number of piperidine rings is 1. The van der Waals surface area contributed by atoms with Gasteiger partial charge >= 0.3 is 6.01 Å². The van der Waals surface area contributed by atoms with Crippen LogP contribution in [0.2, 0.25) is 0 Å². The van der Waals surface area contributed by atoms with Crippen LogP contribution in [0.3, 0.4) is 0 Å². The molecule has 7 heteroatoms. The van der Waals surface area contributed by atoms with Crippen molar-refractivity contribution in [3.8, 4) is 6.01 Å². The minimum Gasteiger partial charge on any atom is -0.459 e. The maximum atomic E-state index is 6.20. The molecule has 1 aliphatic heterocycles. The van der Waals surface area contributed by atoms with Crippen molar-refractivity contribution in [1.82, 2.24) is 24.9 Å². The molecule has 174 valence electrons. The molecule has 0 spiro atoms. The first kappa shape index (κ1) is 21.9.